The summed E-state index contributed by atoms with van der Waals surface area (Å²) in [5.74, 6) is -5.97. The minimum absolute atomic E-state index is 0.0864. The lowest BCUT2D eigenvalue weighted by Crippen LogP contribution is -2.45. The van der Waals surface area contributed by atoms with E-state index in [2.05, 4.69) is 20.3 Å². The van der Waals surface area contributed by atoms with Gasteiger partial charge in [0.25, 0.3) is 5.91 Å². The molecule has 2 atom stereocenters. The number of nitrogens with zero attached hydrogens (tertiary/aromatic N) is 2. The summed E-state index contributed by atoms with van der Waals surface area (Å²) in [5, 5.41) is 13.0. The van der Waals surface area contributed by atoms with E-state index in [-0.39, 0.29) is 34.0 Å². The van der Waals surface area contributed by atoms with Crippen molar-refractivity contribution in [3.05, 3.63) is 94.8 Å². The lowest BCUT2D eigenvalue weighted by atomic mass is 9.76. The molecule has 8 nitrogen and oxygen atoms in total. The van der Waals surface area contributed by atoms with Crippen molar-refractivity contribution in [1.82, 2.24) is 15.0 Å². The molecule has 4 aromatic rings. The number of amides is 1. The standard InChI is InChI=1S/C29H24ClF3N4O4S/c30-19-7-6-15(27(38)36-18-10-20(31)25(33)21(32)11-18)9-24(19)42(40,41)26-16-4-5-17(26)13-29(39,12-16)28-35-14-23(37-28)22-3-1-2-8-34-22/h1-3,6-11,14,16-17,26,39H,4-5,12-13H2,(H,35,37)(H,36,38)/t16?,17?,26-,29-. The van der Waals surface area contributed by atoms with Gasteiger partial charge in [0.05, 0.1) is 20.9 Å². The predicted octanol–water partition coefficient (Wildman–Crippen LogP) is 5.64. The highest BCUT2D eigenvalue weighted by Crippen LogP contribution is 2.54. The Kier molecular flexibility index (Phi) is 7.11. The number of nitrogens with one attached hydrogen (secondary N) is 2. The van der Waals surface area contributed by atoms with Gasteiger partial charge in [-0.25, -0.2) is 26.6 Å². The number of imidazole rings is 1. The number of halogens is 4. The van der Waals surface area contributed by atoms with Crippen molar-refractivity contribution in [2.24, 2.45) is 11.8 Å². The zero-order valence-electron chi connectivity index (χ0n) is 21.8. The van der Waals surface area contributed by atoms with E-state index in [9.17, 15) is 31.5 Å². The predicted molar refractivity (Wildman–Crippen MR) is 148 cm³/mol. The number of pyridine rings is 1. The Hall–Kier alpha value is -3.74. The topological polar surface area (TPSA) is 125 Å². The fourth-order valence-corrected chi connectivity index (χ4v) is 9.12. The summed E-state index contributed by atoms with van der Waals surface area (Å²) in [5.41, 5.74) is -0.633. The minimum Gasteiger partial charge on any atom is -0.382 e. The zero-order chi connectivity index (χ0) is 29.8. The molecular formula is C29H24ClF3N4O4S. The van der Waals surface area contributed by atoms with Gasteiger partial charge in [0, 0.05) is 35.8 Å². The number of carbonyl (C=O) groups excluding carboxylic acids is 1. The van der Waals surface area contributed by atoms with Gasteiger partial charge in [0.1, 0.15) is 17.1 Å². The lowest BCUT2D eigenvalue weighted by Gasteiger charge is -2.39. The first kappa shape index (κ1) is 28.4. The number of anilines is 1. The molecule has 6 rings (SSSR count). The molecule has 13 heteroatoms. The van der Waals surface area contributed by atoms with E-state index in [1.165, 1.54) is 12.1 Å². The Balaban J connectivity index is 1.25. The molecule has 2 fully saturated rings. The number of rotatable bonds is 6. The smallest absolute Gasteiger partial charge is 0.255 e. The first-order valence-corrected chi connectivity index (χ1v) is 15.1. The molecule has 0 radical (unpaired) electrons. The Morgan fingerprint density at radius 2 is 1.71 bits per heavy atom. The third-order valence-electron chi connectivity index (χ3n) is 8.08. The Bertz CT molecular complexity index is 1760. The maximum absolute atomic E-state index is 14.0. The Morgan fingerprint density at radius 3 is 2.36 bits per heavy atom. The van der Waals surface area contributed by atoms with Crippen LogP contribution in [-0.4, -0.2) is 39.6 Å². The number of hydrogen-bond acceptors (Lipinski definition) is 6. The number of fused-ring (bicyclic) bond motifs is 2. The fourth-order valence-electron chi connectivity index (χ4n) is 6.27. The average Bonchev–Trinajstić information content (AvgIpc) is 3.57. The largest absolute Gasteiger partial charge is 0.382 e. The van der Waals surface area contributed by atoms with Gasteiger partial charge in [-0.15, -0.1) is 0 Å². The summed E-state index contributed by atoms with van der Waals surface area (Å²) in [4.78, 5) is 24.5. The van der Waals surface area contributed by atoms with Crippen LogP contribution in [0.5, 0.6) is 0 Å². The summed E-state index contributed by atoms with van der Waals surface area (Å²) in [6.45, 7) is 0. The number of H-pyrrole nitrogens is 1. The van der Waals surface area contributed by atoms with Gasteiger partial charge in [0.15, 0.2) is 27.3 Å². The summed E-state index contributed by atoms with van der Waals surface area (Å²) in [7, 11) is -4.08. The highest BCUT2D eigenvalue weighted by molar-refractivity contribution is 7.92. The minimum atomic E-state index is -4.08. The number of benzene rings is 2. The zero-order valence-corrected chi connectivity index (χ0v) is 23.4. The van der Waals surface area contributed by atoms with Crippen LogP contribution in [-0.2, 0) is 15.4 Å². The second kappa shape index (κ2) is 10.5. The average molecular weight is 617 g/mol. The van der Waals surface area contributed by atoms with E-state index in [1.807, 2.05) is 6.07 Å². The SMILES string of the molecule is O=C(Nc1cc(F)c(F)c(F)c1)c1ccc(Cl)c(S(=O)(=O)[C@H]2C3CCC2C[C@](O)(c2nc(-c4ccccn4)c[nH]2)C3)c1. The Labute approximate surface area is 243 Å². The molecule has 0 spiro atoms. The van der Waals surface area contributed by atoms with E-state index < -0.39 is 55.9 Å². The monoisotopic (exact) mass is 616 g/mol. The van der Waals surface area contributed by atoms with E-state index in [0.717, 1.165) is 6.07 Å². The van der Waals surface area contributed by atoms with Gasteiger partial charge in [-0.2, -0.15) is 0 Å². The van der Waals surface area contributed by atoms with Crippen molar-refractivity contribution >= 4 is 33.0 Å². The summed E-state index contributed by atoms with van der Waals surface area (Å²) >= 11 is 6.33. The maximum Gasteiger partial charge on any atom is 0.255 e. The normalized spacial score (nSPS) is 23.6. The molecule has 42 heavy (non-hydrogen) atoms. The molecule has 0 saturated heterocycles. The van der Waals surface area contributed by atoms with Gasteiger partial charge in [-0.05, 0) is 67.9 Å². The highest BCUT2D eigenvalue weighted by atomic mass is 35.5. The maximum atomic E-state index is 14.0. The molecule has 218 valence electrons. The van der Waals surface area contributed by atoms with Crippen molar-refractivity contribution in [2.45, 2.75) is 41.4 Å². The van der Waals surface area contributed by atoms with Crippen LogP contribution in [0.25, 0.3) is 11.4 Å². The van der Waals surface area contributed by atoms with Gasteiger partial charge >= 0.3 is 0 Å². The molecule has 2 aromatic carbocycles. The summed E-state index contributed by atoms with van der Waals surface area (Å²) in [6.07, 6.45) is 4.75. The molecule has 3 N–H and O–H groups in total. The van der Waals surface area contributed by atoms with Gasteiger partial charge in [-0.3, -0.25) is 9.78 Å². The molecule has 2 unspecified atom stereocenters. The van der Waals surface area contributed by atoms with Gasteiger partial charge in [0.2, 0.25) is 0 Å². The molecular weight excluding hydrogens is 593 g/mol. The number of aromatic nitrogens is 3. The summed E-state index contributed by atoms with van der Waals surface area (Å²) in [6, 6.07) is 10.3. The fraction of sp³-hybridized carbons (Fsp3) is 0.276. The van der Waals surface area contributed by atoms with E-state index in [1.54, 1.807) is 24.5 Å². The van der Waals surface area contributed by atoms with E-state index >= 15 is 0 Å². The van der Waals surface area contributed by atoms with Crippen molar-refractivity contribution < 1.29 is 31.5 Å². The molecule has 1 amide bonds. The number of carbonyl (C=O) groups is 1. The van der Waals surface area contributed by atoms with Crippen molar-refractivity contribution in [3.63, 3.8) is 0 Å². The van der Waals surface area contributed by atoms with Crippen LogP contribution >= 0.6 is 11.6 Å². The van der Waals surface area contributed by atoms with E-state index in [0.29, 0.717) is 42.2 Å². The molecule has 2 aromatic heterocycles. The van der Waals surface area contributed by atoms with Crippen molar-refractivity contribution in [3.8, 4) is 11.4 Å². The second-order valence-corrected chi connectivity index (χ2v) is 13.2. The highest BCUT2D eigenvalue weighted by Gasteiger charge is 2.55. The number of aliphatic hydroxyl groups is 1. The van der Waals surface area contributed by atoms with Gasteiger partial charge in [-0.1, -0.05) is 17.7 Å². The van der Waals surface area contributed by atoms with Gasteiger partial charge < -0.3 is 15.4 Å². The third kappa shape index (κ3) is 4.97. The molecule has 2 aliphatic rings. The van der Waals surface area contributed by atoms with Crippen molar-refractivity contribution in [2.75, 3.05) is 5.32 Å². The van der Waals surface area contributed by atoms with Crippen LogP contribution in [0.1, 0.15) is 41.9 Å². The van der Waals surface area contributed by atoms with Crippen LogP contribution in [0.15, 0.2) is 65.8 Å². The van der Waals surface area contributed by atoms with Crippen LogP contribution in [0.4, 0.5) is 18.9 Å². The van der Waals surface area contributed by atoms with Crippen molar-refractivity contribution in [1.29, 1.82) is 0 Å². The number of aromatic amines is 1. The molecule has 2 heterocycles. The van der Waals surface area contributed by atoms with Crippen LogP contribution in [0.2, 0.25) is 5.02 Å². The number of hydrogen-bond donors (Lipinski definition) is 3. The molecule has 2 aliphatic carbocycles. The quantitative estimate of drug-likeness (QED) is 0.241. The second-order valence-electron chi connectivity index (χ2n) is 10.7. The third-order valence-corrected chi connectivity index (χ3v) is 11.0. The van der Waals surface area contributed by atoms with E-state index in [4.69, 9.17) is 11.6 Å². The van der Waals surface area contributed by atoms with Crippen LogP contribution in [0.3, 0.4) is 0 Å². The van der Waals surface area contributed by atoms with Crippen LogP contribution < -0.4 is 5.32 Å². The lowest BCUT2D eigenvalue weighted by molar-refractivity contribution is -0.0309. The summed E-state index contributed by atoms with van der Waals surface area (Å²) < 4.78 is 68.5. The first-order chi connectivity index (χ1) is 20.0. The Morgan fingerprint density at radius 1 is 1.02 bits per heavy atom. The first-order valence-electron chi connectivity index (χ1n) is 13.2. The molecule has 0 aliphatic heterocycles. The number of sulfone groups is 1. The van der Waals surface area contributed by atoms with Crippen LogP contribution in [0, 0.1) is 29.3 Å². The molecule has 2 saturated carbocycles. The molecule has 2 bridgehead atoms.